The zero-order chi connectivity index (χ0) is 31.9. The van der Waals surface area contributed by atoms with Gasteiger partial charge in [-0.2, -0.15) is 0 Å². The summed E-state index contributed by atoms with van der Waals surface area (Å²) in [7, 11) is -6.11. The summed E-state index contributed by atoms with van der Waals surface area (Å²) in [6, 6.07) is 8.10. The van der Waals surface area contributed by atoms with E-state index >= 15 is 0 Å². The lowest BCUT2D eigenvalue weighted by atomic mass is 10.0. The summed E-state index contributed by atoms with van der Waals surface area (Å²) in [5.74, 6) is -1.17. The molecular formula is C29H42FN3O8S2. The summed E-state index contributed by atoms with van der Waals surface area (Å²) >= 11 is 0. The molecule has 14 heteroatoms. The number of halogens is 1. The van der Waals surface area contributed by atoms with Gasteiger partial charge in [0.1, 0.15) is 11.6 Å². The lowest BCUT2D eigenvalue weighted by Crippen LogP contribution is -2.47. The van der Waals surface area contributed by atoms with Gasteiger partial charge >= 0.3 is 0 Å². The van der Waals surface area contributed by atoms with Crippen LogP contribution in [0.1, 0.15) is 50.4 Å². The number of hydrogen-bond acceptors (Lipinski definition) is 8. The molecule has 1 amide bonds. The van der Waals surface area contributed by atoms with Crippen molar-refractivity contribution in [2.45, 2.75) is 63.2 Å². The highest BCUT2D eigenvalue weighted by Gasteiger charge is 2.31. The molecule has 0 aromatic heterocycles. The van der Waals surface area contributed by atoms with Crippen LogP contribution in [0.15, 0.2) is 47.4 Å². The van der Waals surface area contributed by atoms with Crippen LogP contribution >= 0.6 is 0 Å². The maximum absolute atomic E-state index is 14.1. The molecule has 2 N–H and O–H groups in total. The molecule has 3 rings (SSSR count). The van der Waals surface area contributed by atoms with Crippen molar-refractivity contribution in [3.63, 3.8) is 0 Å². The normalized spacial score (nSPS) is 21.9. The fourth-order valence-corrected chi connectivity index (χ4v) is 6.13. The van der Waals surface area contributed by atoms with Crippen LogP contribution in [0.5, 0.6) is 5.75 Å². The van der Waals surface area contributed by atoms with Gasteiger partial charge < -0.3 is 19.5 Å². The number of aliphatic hydroxyl groups excluding tert-OH is 1. The average Bonchev–Trinajstić information content (AvgIpc) is 2.94. The number of carbonyl (C=O) groups is 1. The molecule has 0 bridgehead atoms. The Labute approximate surface area is 254 Å². The van der Waals surface area contributed by atoms with Crippen molar-refractivity contribution in [1.82, 2.24) is 9.21 Å². The summed E-state index contributed by atoms with van der Waals surface area (Å²) in [6.07, 6.45) is 2.42. The SMILES string of the molecule is C[C@H](CO)N1C[C@H](C)[C@H](CN(C)S(C)(=O)=O)OCCCC[C@H](C)Oc2ccc(NS(=O)(=O)c3ccc(F)cc3)cc2C1=O. The number of rotatable bonds is 8. The second kappa shape index (κ2) is 14.8. The third-order valence-corrected chi connectivity index (χ3v) is 10.1. The van der Waals surface area contributed by atoms with Gasteiger partial charge in [-0.3, -0.25) is 9.52 Å². The van der Waals surface area contributed by atoms with E-state index in [-0.39, 0.29) is 53.6 Å². The van der Waals surface area contributed by atoms with Gasteiger partial charge in [0.25, 0.3) is 15.9 Å². The Hall–Kier alpha value is -2.78. The molecule has 0 saturated heterocycles. The smallest absolute Gasteiger partial charge is 0.261 e. The van der Waals surface area contributed by atoms with Crippen molar-refractivity contribution >= 4 is 31.6 Å². The number of benzene rings is 2. The van der Waals surface area contributed by atoms with E-state index in [0.29, 0.717) is 19.4 Å². The van der Waals surface area contributed by atoms with E-state index in [9.17, 15) is 31.1 Å². The molecule has 2 aromatic rings. The van der Waals surface area contributed by atoms with Crippen molar-refractivity contribution in [2.75, 3.05) is 44.3 Å². The predicted octanol–water partition coefficient (Wildman–Crippen LogP) is 3.31. The number of ether oxygens (including phenoxy) is 2. The first kappa shape index (κ1) is 34.7. The molecule has 2 aromatic carbocycles. The first-order valence-corrected chi connectivity index (χ1v) is 17.5. The molecule has 0 radical (unpaired) electrons. The van der Waals surface area contributed by atoms with Gasteiger partial charge in [-0.25, -0.2) is 25.5 Å². The molecule has 0 aliphatic carbocycles. The Morgan fingerprint density at radius 1 is 1.12 bits per heavy atom. The van der Waals surface area contributed by atoms with Gasteiger partial charge in [0, 0.05) is 38.3 Å². The summed E-state index contributed by atoms with van der Waals surface area (Å²) < 4.78 is 79.6. The third-order valence-electron chi connectivity index (χ3n) is 7.43. The van der Waals surface area contributed by atoms with Gasteiger partial charge in [0.15, 0.2) is 0 Å². The Morgan fingerprint density at radius 3 is 2.42 bits per heavy atom. The van der Waals surface area contributed by atoms with Crippen molar-refractivity contribution in [3.05, 3.63) is 53.8 Å². The van der Waals surface area contributed by atoms with Gasteiger partial charge in [0.05, 0.1) is 41.6 Å². The van der Waals surface area contributed by atoms with E-state index in [4.69, 9.17) is 9.47 Å². The average molecular weight is 644 g/mol. The highest BCUT2D eigenvalue weighted by Crippen LogP contribution is 2.29. The lowest BCUT2D eigenvalue weighted by Gasteiger charge is -2.35. The monoisotopic (exact) mass is 643 g/mol. The van der Waals surface area contributed by atoms with E-state index in [1.807, 2.05) is 13.8 Å². The second-order valence-corrected chi connectivity index (χ2v) is 14.9. The Kier molecular flexibility index (Phi) is 11.9. The minimum atomic E-state index is -4.10. The number of nitrogens with one attached hydrogen (secondary N) is 1. The molecule has 240 valence electrons. The standard InChI is InChI=1S/C29H42FN3O8S2/c1-20-17-33(21(2)19-34)29(35)26-16-24(31-43(38,39)25-12-9-23(30)10-13-25)11-14-27(26)41-22(3)8-6-7-15-40-28(20)18-32(4)42(5,36)37/h9-14,16,20-22,28,31,34H,6-8,15,17-19H2,1-5H3/t20-,21+,22-,28-/m0/s1. The van der Waals surface area contributed by atoms with Crippen LogP contribution in [0.4, 0.5) is 10.1 Å². The third kappa shape index (κ3) is 9.60. The number of hydrogen-bond donors (Lipinski definition) is 2. The number of aliphatic hydroxyl groups is 1. The van der Waals surface area contributed by atoms with Crippen LogP contribution in [-0.4, -0.2) is 94.9 Å². The molecule has 0 unspecified atom stereocenters. The molecule has 4 atom stereocenters. The van der Waals surface area contributed by atoms with E-state index in [1.165, 1.54) is 34.5 Å². The van der Waals surface area contributed by atoms with Gasteiger partial charge in [-0.1, -0.05) is 6.92 Å². The van der Waals surface area contributed by atoms with Crippen molar-refractivity contribution < 1.29 is 40.6 Å². The lowest BCUT2D eigenvalue weighted by molar-refractivity contribution is -0.00828. The molecule has 0 fully saturated rings. The molecule has 0 saturated carbocycles. The Balaban J connectivity index is 2.02. The first-order valence-electron chi connectivity index (χ1n) is 14.2. The Morgan fingerprint density at radius 2 is 1.79 bits per heavy atom. The van der Waals surface area contributed by atoms with Crippen LogP contribution in [0.3, 0.4) is 0 Å². The Bertz CT molecular complexity index is 1450. The van der Waals surface area contributed by atoms with Crippen LogP contribution in [-0.2, 0) is 24.8 Å². The molecule has 1 aliphatic rings. The van der Waals surface area contributed by atoms with E-state index < -0.39 is 43.9 Å². The molecule has 1 heterocycles. The number of sulfonamides is 2. The molecule has 0 spiro atoms. The molecular weight excluding hydrogens is 601 g/mol. The second-order valence-electron chi connectivity index (χ2n) is 11.1. The van der Waals surface area contributed by atoms with E-state index in [1.54, 1.807) is 6.92 Å². The fourth-order valence-electron chi connectivity index (χ4n) is 4.67. The predicted molar refractivity (Wildman–Crippen MR) is 162 cm³/mol. The van der Waals surface area contributed by atoms with Crippen molar-refractivity contribution in [2.24, 2.45) is 5.92 Å². The van der Waals surface area contributed by atoms with Crippen molar-refractivity contribution in [3.8, 4) is 5.75 Å². The number of fused-ring (bicyclic) bond motifs is 1. The van der Waals surface area contributed by atoms with Crippen LogP contribution in [0, 0.1) is 11.7 Å². The first-order chi connectivity index (χ1) is 20.1. The van der Waals surface area contributed by atoms with Crippen LogP contribution in [0.25, 0.3) is 0 Å². The van der Waals surface area contributed by atoms with Gasteiger partial charge in [-0.05, 0) is 75.6 Å². The summed E-state index contributed by atoms with van der Waals surface area (Å²) in [6.45, 7) is 5.64. The number of likely N-dealkylation sites (N-methyl/N-ethyl adjacent to an activating group) is 1. The fraction of sp³-hybridized carbons (Fsp3) is 0.552. The van der Waals surface area contributed by atoms with Gasteiger partial charge in [-0.15, -0.1) is 0 Å². The number of amides is 1. The zero-order valence-corrected chi connectivity index (χ0v) is 26.8. The van der Waals surface area contributed by atoms with Crippen LogP contribution in [0.2, 0.25) is 0 Å². The highest BCUT2D eigenvalue weighted by molar-refractivity contribution is 7.92. The van der Waals surface area contributed by atoms with Crippen LogP contribution < -0.4 is 9.46 Å². The number of anilines is 1. The summed E-state index contributed by atoms with van der Waals surface area (Å²) in [5.41, 5.74) is 0.177. The maximum Gasteiger partial charge on any atom is 0.261 e. The minimum Gasteiger partial charge on any atom is -0.490 e. The largest absolute Gasteiger partial charge is 0.490 e. The molecule has 1 aliphatic heterocycles. The topological polar surface area (TPSA) is 143 Å². The minimum absolute atomic E-state index is 0.0843. The molecule has 43 heavy (non-hydrogen) atoms. The molecule has 11 nitrogen and oxygen atoms in total. The summed E-state index contributed by atoms with van der Waals surface area (Å²) in [4.78, 5) is 15.4. The van der Waals surface area contributed by atoms with Gasteiger partial charge in [0.2, 0.25) is 10.0 Å². The number of nitrogens with zero attached hydrogens (tertiary/aromatic N) is 2. The summed E-state index contributed by atoms with van der Waals surface area (Å²) in [5, 5.41) is 10.1. The van der Waals surface area contributed by atoms with Crippen molar-refractivity contribution in [1.29, 1.82) is 0 Å². The van der Waals surface area contributed by atoms with E-state index in [0.717, 1.165) is 36.9 Å². The van der Waals surface area contributed by atoms with E-state index in [2.05, 4.69) is 4.72 Å². The number of carbonyl (C=O) groups excluding carboxylic acids is 1. The highest BCUT2D eigenvalue weighted by atomic mass is 32.2. The maximum atomic E-state index is 14.1. The quantitative estimate of drug-likeness (QED) is 0.446. The zero-order valence-electron chi connectivity index (χ0n) is 25.2.